The molecule has 1 N–H and O–H groups in total. The Kier molecular flexibility index (Phi) is 6.04. The van der Waals surface area contributed by atoms with Crippen LogP contribution in [0.25, 0.3) is 0 Å². The van der Waals surface area contributed by atoms with Gasteiger partial charge >= 0.3 is 5.97 Å². The molecular formula is C21H28N2O4. The Morgan fingerprint density at radius 1 is 1.26 bits per heavy atom. The number of ether oxygens (including phenoxy) is 1. The number of H-pyrrole nitrogens is 1. The van der Waals surface area contributed by atoms with Crippen LogP contribution >= 0.6 is 0 Å². The summed E-state index contributed by atoms with van der Waals surface area (Å²) < 4.78 is 10.5. The molecule has 0 spiro atoms. The van der Waals surface area contributed by atoms with E-state index in [4.69, 9.17) is 9.15 Å². The molecule has 1 saturated carbocycles. The predicted molar refractivity (Wildman–Crippen MR) is 102 cm³/mol. The molecule has 1 amide bonds. The minimum Gasteiger partial charge on any atom is -0.462 e. The fourth-order valence-corrected chi connectivity index (χ4v) is 3.95. The maximum absolute atomic E-state index is 13.1. The van der Waals surface area contributed by atoms with Gasteiger partial charge in [0.2, 0.25) is 0 Å². The number of hydrogen-bond donors (Lipinski definition) is 1. The van der Waals surface area contributed by atoms with Crippen molar-refractivity contribution < 1.29 is 18.7 Å². The van der Waals surface area contributed by atoms with Crippen molar-refractivity contribution in [1.29, 1.82) is 0 Å². The van der Waals surface area contributed by atoms with E-state index in [0.717, 1.165) is 42.6 Å². The van der Waals surface area contributed by atoms with Gasteiger partial charge in [0.1, 0.15) is 0 Å². The largest absolute Gasteiger partial charge is 0.462 e. The zero-order chi connectivity index (χ0) is 19.4. The molecule has 2 aromatic rings. The number of nitrogens with one attached hydrogen (secondary N) is 1. The number of aromatic amines is 1. The second-order valence-corrected chi connectivity index (χ2v) is 7.15. The maximum atomic E-state index is 13.1. The summed E-state index contributed by atoms with van der Waals surface area (Å²) in [6.45, 7) is 6.33. The van der Waals surface area contributed by atoms with Crippen molar-refractivity contribution in [3.63, 3.8) is 0 Å². The molecule has 0 aromatic carbocycles. The van der Waals surface area contributed by atoms with Crippen LogP contribution in [0.1, 0.15) is 76.9 Å². The number of rotatable bonds is 6. The Labute approximate surface area is 159 Å². The van der Waals surface area contributed by atoms with E-state index >= 15 is 0 Å². The second kappa shape index (κ2) is 8.46. The van der Waals surface area contributed by atoms with Gasteiger partial charge < -0.3 is 19.0 Å². The van der Waals surface area contributed by atoms with Crippen LogP contribution in [0.15, 0.2) is 22.8 Å². The van der Waals surface area contributed by atoms with Gasteiger partial charge in [-0.3, -0.25) is 4.79 Å². The summed E-state index contributed by atoms with van der Waals surface area (Å²) in [5.74, 6) is -0.0695. The van der Waals surface area contributed by atoms with E-state index < -0.39 is 0 Å². The van der Waals surface area contributed by atoms with Gasteiger partial charge in [0, 0.05) is 17.4 Å². The number of hydrogen-bond acceptors (Lipinski definition) is 4. The van der Waals surface area contributed by atoms with Gasteiger partial charge in [-0.1, -0.05) is 19.3 Å². The highest BCUT2D eigenvalue weighted by Gasteiger charge is 2.30. The van der Waals surface area contributed by atoms with Crippen molar-refractivity contribution in [2.45, 2.75) is 65.5 Å². The third-order valence-electron chi connectivity index (χ3n) is 5.36. The number of aryl methyl sites for hydroxylation is 1. The monoisotopic (exact) mass is 372 g/mol. The van der Waals surface area contributed by atoms with E-state index in [1.54, 1.807) is 19.1 Å². The number of amides is 1. The van der Waals surface area contributed by atoms with Crippen molar-refractivity contribution in [1.82, 2.24) is 9.88 Å². The summed E-state index contributed by atoms with van der Waals surface area (Å²) in [7, 11) is 0. The molecule has 0 unspecified atom stereocenters. The van der Waals surface area contributed by atoms with E-state index in [0.29, 0.717) is 24.5 Å². The lowest BCUT2D eigenvalue weighted by atomic mass is 9.93. The van der Waals surface area contributed by atoms with Crippen LogP contribution in [-0.2, 0) is 11.3 Å². The van der Waals surface area contributed by atoms with Crippen molar-refractivity contribution in [2.24, 2.45) is 0 Å². The molecule has 0 radical (unpaired) electrons. The fraction of sp³-hybridized carbons (Fsp3) is 0.524. The van der Waals surface area contributed by atoms with Crippen molar-refractivity contribution in [2.75, 3.05) is 6.61 Å². The molecule has 1 fully saturated rings. The normalized spacial score (nSPS) is 14.9. The molecule has 0 aliphatic heterocycles. The van der Waals surface area contributed by atoms with Gasteiger partial charge in [-0.05, 0) is 51.3 Å². The van der Waals surface area contributed by atoms with Crippen molar-refractivity contribution in [3.05, 3.63) is 46.7 Å². The summed E-state index contributed by atoms with van der Waals surface area (Å²) >= 11 is 0. The van der Waals surface area contributed by atoms with Crippen molar-refractivity contribution >= 4 is 11.9 Å². The van der Waals surface area contributed by atoms with Crippen LogP contribution < -0.4 is 0 Å². The van der Waals surface area contributed by atoms with Gasteiger partial charge in [0.25, 0.3) is 5.91 Å². The fourth-order valence-electron chi connectivity index (χ4n) is 3.95. The molecule has 146 valence electrons. The Morgan fingerprint density at radius 3 is 2.63 bits per heavy atom. The summed E-state index contributed by atoms with van der Waals surface area (Å²) in [6, 6.07) is 3.62. The van der Waals surface area contributed by atoms with E-state index in [2.05, 4.69) is 4.98 Å². The Balaban J connectivity index is 1.89. The van der Waals surface area contributed by atoms with Crippen LogP contribution in [0.4, 0.5) is 0 Å². The lowest BCUT2D eigenvalue weighted by Gasteiger charge is -2.34. The van der Waals surface area contributed by atoms with Gasteiger partial charge in [0.15, 0.2) is 5.76 Å². The number of carbonyl (C=O) groups excluding carboxylic acids is 2. The molecule has 1 aliphatic rings. The molecule has 0 bridgehead atoms. The molecule has 6 nitrogen and oxygen atoms in total. The van der Waals surface area contributed by atoms with E-state index in [1.165, 1.54) is 12.7 Å². The van der Waals surface area contributed by atoms with Gasteiger partial charge in [0.05, 0.1) is 25.0 Å². The standard InChI is InChI=1S/C21H28N2O4/c1-4-26-21(25)19-14(2)17(22-15(19)3)13-23(16-9-6-5-7-10-16)20(24)18-11-8-12-27-18/h8,11-12,16,22H,4-7,9-10,13H2,1-3H3. The number of aromatic nitrogens is 1. The van der Waals surface area contributed by atoms with E-state index in [-0.39, 0.29) is 17.9 Å². The first-order valence-corrected chi connectivity index (χ1v) is 9.72. The van der Waals surface area contributed by atoms with Crippen molar-refractivity contribution in [3.8, 4) is 0 Å². The SMILES string of the molecule is CCOC(=O)c1c(C)[nH]c(CN(C(=O)c2ccco2)C2CCCCC2)c1C. The molecule has 0 saturated heterocycles. The minimum atomic E-state index is -0.323. The highest BCUT2D eigenvalue weighted by molar-refractivity contribution is 5.93. The zero-order valence-electron chi connectivity index (χ0n) is 16.3. The lowest BCUT2D eigenvalue weighted by molar-refractivity contribution is 0.0524. The highest BCUT2D eigenvalue weighted by atomic mass is 16.5. The first-order chi connectivity index (χ1) is 13.0. The van der Waals surface area contributed by atoms with E-state index in [1.807, 2.05) is 18.7 Å². The minimum absolute atomic E-state index is 0.101. The highest BCUT2D eigenvalue weighted by Crippen LogP contribution is 2.28. The lowest BCUT2D eigenvalue weighted by Crippen LogP contribution is -2.41. The molecule has 1 aliphatic carbocycles. The molecule has 6 heteroatoms. The second-order valence-electron chi connectivity index (χ2n) is 7.15. The Hall–Kier alpha value is -2.50. The van der Waals surface area contributed by atoms with Crippen LogP contribution in [0.2, 0.25) is 0 Å². The summed E-state index contributed by atoms with van der Waals surface area (Å²) in [6.07, 6.45) is 6.99. The summed E-state index contributed by atoms with van der Waals surface area (Å²) in [5.41, 5.74) is 3.07. The van der Waals surface area contributed by atoms with Crippen LogP contribution in [0.3, 0.4) is 0 Å². The maximum Gasteiger partial charge on any atom is 0.340 e. The number of esters is 1. The predicted octanol–water partition coefficient (Wildman–Crippen LogP) is 4.38. The summed E-state index contributed by atoms with van der Waals surface area (Å²) in [4.78, 5) is 30.5. The molecule has 0 atom stereocenters. The first-order valence-electron chi connectivity index (χ1n) is 9.72. The van der Waals surface area contributed by atoms with Gasteiger partial charge in [-0.15, -0.1) is 0 Å². The first kappa shape index (κ1) is 19.3. The molecule has 27 heavy (non-hydrogen) atoms. The number of furan rings is 1. The zero-order valence-corrected chi connectivity index (χ0v) is 16.3. The van der Waals surface area contributed by atoms with Crippen LogP contribution in [0, 0.1) is 13.8 Å². The molecule has 2 aromatic heterocycles. The quantitative estimate of drug-likeness (QED) is 0.764. The number of nitrogens with zero attached hydrogens (tertiary/aromatic N) is 1. The Morgan fingerprint density at radius 2 is 2.00 bits per heavy atom. The smallest absolute Gasteiger partial charge is 0.340 e. The van der Waals surface area contributed by atoms with Gasteiger partial charge in [-0.2, -0.15) is 0 Å². The third-order valence-corrected chi connectivity index (χ3v) is 5.36. The average Bonchev–Trinajstić information content (AvgIpc) is 3.28. The molecule has 3 rings (SSSR count). The summed E-state index contributed by atoms with van der Waals surface area (Å²) in [5, 5.41) is 0. The van der Waals surface area contributed by atoms with Crippen LogP contribution in [-0.4, -0.2) is 34.4 Å². The molecular weight excluding hydrogens is 344 g/mol. The van der Waals surface area contributed by atoms with Gasteiger partial charge in [-0.25, -0.2) is 4.79 Å². The molecule has 2 heterocycles. The average molecular weight is 372 g/mol. The van der Waals surface area contributed by atoms with Crippen LogP contribution in [0.5, 0.6) is 0 Å². The third kappa shape index (κ3) is 4.10. The Bertz CT molecular complexity index is 785. The van der Waals surface area contributed by atoms with E-state index in [9.17, 15) is 9.59 Å². The topological polar surface area (TPSA) is 75.5 Å². The number of carbonyl (C=O) groups is 2.